The fourth-order valence-electron chi connectivity index (χ4n) is 1.94. The topological polar surface area (TPSA) is 75.3 Å². The van der Waals surface area contributed by atoms with Crippen LogP contribution < -0.4 is 10.0 Å². The van der Waals surface area contributed by atoms with E-state index in [0.717, 1.165) is 12.7 Å². The summed E-state index contributed by atoms with van der Waals surface area (Å²) >= 11 is 0. The number of hydrogen-bond donors (Lipinski definition) is 2. The zero-order valence-corrected chi connectivity index (χ0v) is 13.9. The normalized spacial score (nSPS) is 13.1. The second-order valence-corrected chi connectivity index (χ2v) is 7.51. The van der Waals surface area contributed by atoms with Crippen LogP contribution in [0.1, 0.15) is 38.3 Å². The quantitative estimate of drug-likeness (QED) is 0.765. The molecule has 22 heavy (non-hydrogen) atoms. The minimum atomic E-state index is -3.48. The lowest BCUT2D eigenvalue weighted by Crippen LogP contribution is -2.33. The Morgan fingerprint density at radius 2 is 1.82 bits per heavy atom. The summed E-state index contributed by atoms with van der Waals surface area (Å²) in [6, 6.07) is 4.71. The van der Waals surface area contributed by atoms with Gasteiger partial charge in [-0.2, -0.15) is 0 Å². The van der Waals surface area contributed by atoms with Crippen molar-refractivity contribution in [2.45, 2.75) is 32.7 Å². The molecule has 5 nitrogen and oxygen atoms in total. The molecule has 1 amide bonds. The van der Waals surface area contributed by atoms with Gasteiger partial charge >= 0.3 is 0 Å². The van der Waals surface area contributed by atoms with Gasteiger partial charge in [0, 0.05) is 13.0 Å². The van der Waals surface area contributed by atoms with Crippen LogP contribution in [0.4, 0.5) is 4.39 Å². The van der Waals surface area contributed by atoms with E-state index in [0.29, 0.717) is 18.0 Å². The van der Waals surface area contributed by atoms with Crippen molar-refractivity contribution in [2.24, 2.45) is 5.92 Å². The molecule has 1 unspecified atom stereocenters. The molecule has 1 aromatic rings. The Morgan fingerprint density at radius 1 is 1.23 bits per heavy atom. The van der Waals surface area contributed by atoms with Gasteiger partial charge in [-0.15, -0.1) is 0 Å². The second kappa shape index (κ2) is 8.24. The highest BCUT2D eigenvalue weighted by Crippen LogP contribution is 2.18. The van der Waals surface area contributed by atoms with Crippen LogP contribution in [-0.4, -0.2) is 27.1 Å². The van der Waals surface area contributed by atoms with E-state index in [2.05, 4.69) is 23.9 Å². The Kier molecular flexibility index (Phi) is 6.96. The zero-order valence-electron chi connectivity index (χ0n) is 13.1. The number of rotatable bonds is 8. The summed E-state index contributed by atoms with van der Waals surface area (Å²) < 4.78 is 38.3. The molecule has 1 atom stereocenters. The molecule has 0 fully saturated rings. The molecule has 0 aliphatic rings. The van der Waals surface area contributed by atoms with Gasteiger partial charge in [0.05, 0.1) is 12.3 Å². The molecule has 0 aliphatic heterocycles. The van der Waals surface area contributed by atoms with E-state index in [1.165, 1.54) is 24.3 Å². The van der Waals surface area contributed by atoms with Crippen molar-refractivity contribution in [1.82, 2.24) is 10.0 Å². The highest BCUT2D eigenvalue weighted by atomic mass is 32.2. The van der Waals surface area contributed by atoms with E-state index in [9.17, 15) is 17.6 Å². The van der Waals surface area contributed by atoms with Crippen molar-refractivity contribution in [3.63, 3.8) is 0 Å². The molecule has 0 saturated heterocycles. The van der Waals surface area contributed by atoms with Crippen LogP contribution in [0, 0.1) is 11.7 Å². The number of amides is 1. The lowest BCUT2D eigenvalue weighted by atomic mass is 10.0. The lowest BCUT2D eigenvalue weighted by molar-refractivity contribution is -0.121. The van der Waals surface area contributed by atoms with Crippen molar-refractivity contribution in [3.05, 3.63) is 35.6 Å². The van der Waals surface area contributed by atoms with Crippen LogP contribution >= 0.6 is 0 Å². The molecule has 2 N–H and O–H groups in total. The Morgan fingerprint density at radius 3 is 2.32 bits per heavy atom. The number of carbonyl (C=O) groups is 1. The largest absolute Gasteiger partial charge is 0.356 e. The van der Waals surface area contributed by atoms with Gasteiger partial charge in [-0.3, -0.25) is 4.79 Å². The molecular weight excluding hydrogens is 307 g/mol. The second-order valence-electron chi connectivity index (χ2n) is 5.73. The summed E-state index contributed by atoms with van der Waals surface area (Å²) in [5.41, 5.74) is 0.547. The first kappa shape index (κ1) is 18.6. The molecule has 1 aromatic carbocycles. The Balaban J connectivity index is 2.74. The van der Waals surface area contributed by atoms with Crippen LogP contribution in [0.25, 0.3) is 0 Å². The predicted octanol–water partition coefficient (Wildman–Crippen LogP) is 1.97. The molecular formula is C15H23FN2O3S. The zero-order chi connectivity index (χ0) is 16.8. The molecule has 0 heterocycles. The van der Waals surface area contributed by atoms with E-state index in [1.54, 1.807) is 0 Å². The van der Waals surface area contributed by atoms with Gasteiger partial charge in [-0.05, 0) is 30.0 Å². The Hall–Kier alpha value is -1.47. The van der Waals surface area contributed by atoms with Crippen molar-refractivity contribution in [3.8, 4) is 0 Å². The van der Waals surface area contributed by atoms with Crippen molar-refractivity contribution >= 4 is 15.9 Å². The number of benzene rings is 1. The first-order chi connectivity index (χ1) is 10.2. The van der Waals surface area contributed by atoms with E-state index < -0.39 is 21.9 Å². The summed E-state index contributed by atoms with van der Waals surface area (Å²) in [7, 11) is -3.48. The van der Waals surface area contributed by atoms with Gasteiger partial charge in [-0.25, -0.2) is 17.5 Å². The maximum absolute atomic E-state index is 13.0. The minimum Gasteiger partial charge on any atom is -0.356 e. The fourth-order valence-corrected chi connectivity index (χ4v) is 2.68. The van der Waals surface area contributed by atoms with E-state index in [1.807, 2.05) is 0 Å². The van der Waals surface area contributed by atoms with Crippen LogP contribution in [-0.2, 0) is 14.8 Å². The maximum Gasteiger partial charge on any atom is 0.221 e. The van der Waals surface area contributed by atoms with E-state index >= 15 is 0 Å². The molecule has 1 rings (SSSR count). The maximum atomic E-state index is 13.0. The van der Waals surface area contributed by atoms with Crippen LogP contribution in [0.2, 0.25) is 0 Å². The summed E-state index contributed by atoms with van der Waals surface area (Å²) in [4.78, 5) is 11.9. The number of nitrogens with one attached hydrogen (secondary N) is 2. The average Bonchev–Trinajstić information content (AvgIpc) is 2.36. The minimum absolute atomic E-state index is 0.0310. The monoisotopic (exact) mass is 330 g/mol. The van der Waals surface area contributed by atoms with Gasteiger partial charge in [0.15, 0.2) is 0 Å². The van der Waals surface area contributed by atoms with Gasteiger partial charge in [0.25, 0.3) is 0 Å². The van der Waals surface area contributed by atoms with Gasteiger partial charge in [0.1, 0.15) is 5.82 Å². The van der Waals surface area contributed by atoms with E-state index in [-0.39, 0.29) is 12.3 Å². The van der Waals surface area contributed by atoms with Crippen molar-refractivity contribution < 1.29 is 17.6 Å². The summed E-state index contributed by atoms with van der Waals surface area (Å²) in [6.07, 6.45) is 1.85. The third kappa shape index (κ3) is 7.51. The van der Waals surface area contributed by atoms with Crippen molar-refractivity contribution in [1.29, 1.82) is 0 Å². The number of carbonyl (C=O) groups excluding carboxylic acids is 1. The number of hydrogen-bond acceptors (Lipinski definition) is 3. The Bertz CT molecular complexity index is 585. The highest BCUT2D eigenvalue weighted by molar-refractivity contribution is 7.88. The van der Waals surface area contributed by atoms with Gasteiger partial charge in [-0.1, -0.05) is 26.0 Å². The molecule has 0 spiro atoms. The van der Waals surface area contributed by atoms with Gasteiger partial charge in [0.2, 0.25) is 15.9 Å². The molecule has 0 radical (unpaired) electrons. The standard InChI is InChI=1S/C15H23FN2O3S/c1-11(2)8-9-17-15(19)10-14(18-22(3,20)21)12-4-6-13(16)7-5-12/h4-7,11,14,18H,8-10H2,1-3H3,(H,17,19). The summed E-state index contributed by atoms with van der Waals surface area (Å²) in [5.74, 6) is -0.184. The number of sulfonamides is 1. The molecule has 124 valence electrons. The average molecular weight is 330 g/mol. The summed E-state index contributed by atoms with van der Waals surface area (Å²) in [5, 5.41) is 2.76. The lowest BCUT2D eigenvalue weighted by Gasteiger charge is -2.18. The van der Waals surface area contributed by atoms with Crippen LogP contribution in [0.3, 0.4) is 0 Å². The smallest absolute Gasteiger partial charge is 0.221 e. The SMILES string of the molecule is CC(C)CCNC(=O)CC(NS(C)(=O)=O)c1ccc(F)cc1. The van der Waals surface area contributed by atoms with Crippen LogP contribution in [0.15, 0.2) is 24.3 Å². The first-order valence-electron chi connectivity index (χ1n) is 7.17. The molecule has 0 bridgehead atoms. The molecule has 0 aromatic heterocycles. The van der Waals surface area contributed by atoms with Crippen LogP contribution in [0.5, 0.6) is 0 Å². The third-order valence-corrected chi connectivity index (χ3v) is 3.77. The highest BCUT2D eigenvalue weighted by Gasteiger charge is 2.19. The molecule has 0 aliphatic carbocycles. The first-order valence-corrected chi connectivity index (χ1v) is 9.06. The third-order valence-electron chi connectivity index (χ3n) is 3.06. The number of halogens is 1. The van der Waals surface area contributed by atoms with Crippen molar-refractivity contribution in [2.75, 3.05) is 12.8 Å². The Labute approximate surface area is 131 Å². The fraction of sp³-hybridized carbons (Fsp3) is 0.533. The molecule has 0 saturated carbocycles. The van der Waals surface area contributed by atoms with E-state index in [4.69, 9.17) is 0 Å². The van der Waals surface area contributed by atoms with Gasteiger partial charge < -0.3 is 5.32 Å². The summed E-state index contributed by atoms with van der Waals surface area (Å²) in [6.45, 7) is 4.66. The predicted molar refractivity (Wildman–Crippen MR) is 84.2 cm³/mol. The molecule has 7 heteroatoms.